The van der Waals surface area contributed by atoms with Crippen LogP contribution >= 0.6 is 0 Å². The highest BCUT2D eigenvalue weighted by atomic mass is 19.4. The zero-order chi connectivity index (χ0) is 15.8. The Bertz CT molecular complexity index is 441. The van der Waals surface area contributed by atoms with Crippen LogP contribution in [0.2, 0.25) is 0 Å². The van der Waals surface area contributed by atoms with Gasteiger partial charge in [0.2, 0.25) is 5.91 Å². The molecule has 2 aliphatic heterocycles. The lowest BCUT2D eigenvalue weighted by Crippen LogP contribution is -2.52. The lowest BCUT2D eigenvalue weighted by Gasteiger charge is -2.32. The van der Waals surface area contributed by atoms with Crippen LogP contribution in [0.3, 0.4) is 0 Å². The summed E-state index contributed by atoms with van der Waals surface area (Å²) in [6.07, 6.45) is -3.95. The summed E-state index contributed by atoms with van der Waals surface area (Å²) in [6, 6.07) is -0.508. The van der Waals surface area contributed by atoms with E-state index in [4.69, 9.17) is 5.11 Å². The zero-order valence-corrected chi connectivity index (χ0v) is 11.7. The molecular weight excluding hydrogens is 289 g/mol. The number of hydrogen-bond acceptors (Lipinski definition) is 3. The molecule has 2 heterocycles. The molecule has 5 nitrogen and oxygen atoms in total. The number of hydrogen-bond donors (Lipinski definition) is 2. The van der Waals surface area contributed by atoms with Crippen molar-refractivity contribution in [2.45, 2.75) is 38.4 Å². The molecule has 1 amide bonds. The molecule has 21 heavy (non-hydrogen) atoms. The first-order chi connectivity index (χ1) is 9.67. The van der Waals surface area contributed by atoms with Gasteiger partial charge in [0, 0.05) is 13.1 Å². The first-order valence-electron chi connectivity index (χ1n) is 6.99. The predicted octanol–water partition coefficient (Wildman–Crippen LogP) is 1.24. The monoisotopic (exact) mass is 308 g/mol. The molecule has 8 heteroatoms. The molecule has 0 spiro atoms. The first kappa shape index (κ1) is 16.1. The van der Waals surface area contributed by atoms with Crippen molar-refractivity contribution in [3.8, 4) is 0 Å². The van der Waals surface area contributed by atoms with Crippen molar-refractivity contribution in [1.82, 2.24) is 10.2 Å². The van der Waals surface area contributed by atoms with E-state index in [0.29, 0.717) is 18.9 Å². The van der Waals surface area contributed by atoms with E-state index in [1.54, 1.807) is 0 Å². The Labute approximate surface area is 120 Å². The number of alkyl halides is 3. The lowest BCUT2D eigenvalue weighted by molar-refractivity contribution is -0.227. The number of nitrogens with zero attached hydrogens (tertiary/aromatic N) is 1. The maximum Gasteiger partial charge on any atom is 0.406 e. The van der Waals surface area contributed by atoms with E-state index < -0.39 is 42.5 Å². The fourth-order valence-electron chi connectivity index (χ4n) is 3.04. The quantitative estimate of drug-likeness (QED) is 0.805. The van der Waals surface area contributed by atoms with Gasteiger partial charge in [0.05, 0.1) is 6.04 Å². The third-order valence-electron chi connectivity index (χ3n) is 4.50. The number of carboxylic acids is 1. The molecule has 0 bridgehead atoms. The molecular formula is C13H19F3N2O3. The van der Waals surface area contributed by atoms with Crippen LogP contribution in [0.25, 0.3) is 0 Å². The molecule has 0 saturated carbocycles. The minimum Gasteiger partial charge on any atom is -0.481 e. The van der Waals surface area contributed by atoms with Crippen molar-refractivity contribution in [3.63, 3.8) is 0 Å². The van der Waals surface area contributed by atoms with Crippen LogP contribution in [0.5, 0.6) is 0 Å². The number of carboxylic acid groups (broad SMARTS) is 1. The molecule has 2 aliphatic rings. The number of halogens is 3. The van der Waals surface area contributed by atoms with Gasteiger partial charge in [-0.05, 0) is 31.7 Å². The highest BCUT2D eigenvalue weighted by molar-refractivity contribution is 5.84. The van der Waals surface area contributed by atoms with E-state index in [0.717, 1.165) is 11.3 Å². The Kier molecular flexibility index (Phi) is 4.19. The van der Waals surface area contributed by atoms with E-state index >= 15 is 0 Å². The topological polar surface area (TPSA) is 69.6 Å². The summed E-state index contributed by atoms with van der Waals surface area (Å²) in [6.45, 7) is 1.67. The van der Waals surface area contributed by atoms with E-state index in [2.05, 4.69) is 5.32 Å². The number of carbonyl (C=O) groups excluding carboxylic acids is 1. The molecule has 3 atom stereocenters. The van der Waals surface area contributed by atoms with Crippen LogP contribution in [-0.2, 0) is 9.59 Å². The van der Waals surface area contributed by atoms with Crippen molar-refractivity contribution in [2.75, 3.05) is 19.6 Å². The summed E-state index contributed by atoms with van der Waals surface area (Å²) in [5.74, 6) is -2.00. The van der Waals surface area contributed by atoms with E-state index in [-0.39, 0.29) is 6.54 Å². The highest BCUT2D eigenvalue weighted by Crippen LogP contribution is 2.45. The van der Waals surface area contributed by atoms with Crippen LogP contribution in [0.4, 0.5) is 13.2 Å². The van der Waals surface area contributed by atoms with Crippen LogP contribution in [-0.4, -0.2) is 53.7 Å². The Morgan fingerprint density at radius 1 is 1.38 bits per heavy atom. The maximum absolute atomic E-state index is 13.1. The second kappa shape index (κ2) is 5.47. The Balaban J connectivity index is 2.10. The summed E-state index contributed by atoms with van der Waals surface area (Å²) >= 11 is 0. The average molecular weight is 308 g/mol. The number of nitrogens with one attached hydrogen (secondary N) is 1. The van der Waals surface area contributed by atoms with Crippen molar-refractivity contribution in [2.24, 2.45) is 11.3 Å². The second-order valence-electron chi connectivity index (χ2n) is 6.03. The van der Waals surface area contributed by atoms with E-state index in [1.165, 1.54) is 0 Å². The van der Waals surface area contributed by atoms with Gasteiger partial charge < -0.3 is 15.3 Å². The van der Waals surface area contributed by atoms with Crippen molar-refractivity contribution >= 4 is 11.9 Å². The SMILES string of the molecule is CC1CCNC(C(=O)N2CCC(C(=O)O)(C(F)(F)F)C2)C1. The molecule has 0 aromatic heterocycles. The molecule has 120 valence electrons. The molecule has 2 N–H and O–H groups in total. The molecule has 3 unspecified atom stereocenters. The Morgan fingerprint density at radius 3 is 2.52 bits per heavy atom. The van der Waals surface area contributed by atoms with E-state index in [9.17, 15) is 22.8 Å². The minimum absolute atomic E-state index is 0.169. The molecule has 2 saturated heterocycles. The van der Waals surface area contributed by atoms with Gasteiger partial charge in [0.15, 0.2) is 5.41 Å². The number of piperidine rings is 1. The standard InChI is InChI=1S/C13H19F3N2O3/c1-8-2-4-17-9(6-8)10(19)18-5-3-12(7-18,11(20)21)13(14,15)16/h8-9,17H,2-7H2,1H3,(H,20,21). The van der Waals surface area contributed by atoms with Gasteiger partial charge in [0.1, 0.15) is 0 Å². The number of amides is 1. The van der Waals surface area contributed by atoms with Gasteiger partial charge in [-0.1, -0.05) is 6.92 Å². The highest BCUT2D eigenvalue weighted by Gasteiger charge is 2.64. The fourth-order valence-corrected chi connectivity index (χ4v) is 3.04. The van der Waals surface area contributed by atoms with Gasteiger partial charge in [-0.15, -0.1) is 0 Å². The summed E-state index contributed by atoms with van der Waals surface area (Å²) in [4.78, 5) is 24.4. The molecule has 2 rings (SSSR count). The Hall–Kier alpha value is -1.31. The van der Waals surface area contributed by atoms with Gasteiger partial charge in [-0.2, -0.15) is 13.2 Å². The van der Waals surface area contributed by atoms with Gasteiger partial charge in [-0.3, -0.25) is 9.59 Å². The van der Waals surface area contributed by atoms with Gasteiger partial charge in [0.25, 0.3) is 0 Å². The largest absolute Gasteiger partial charge is 0.481 e. The van der Waals surface area contributed by atoms with E-state index in [1.807, 2.05) is 6.92 Å². The molecule has 0 aliphatic carbocycles. The van der Waals surface area contributed by atoms with Crippen LogP contribution in [0.1, 0.15) is 26.2 Å². The molecule has 0 radical (unpaired) electrons. The van der Waals surface area contributed by atoms with Crippen LogP contribution in [0, 0.1) is 11.3 Å². The van der Waals surface area contributed by atoms with Crippen molar-refractivity contribution in [1.29, 1.82) is 0 Å². The predicted molar refractivity (Wildman–Crippen MR) is 67.5 cm³/mol. The minimum atomic E-state index is -4.86. The van der Waals surface area contributed by atoms with Crippen LogP contribution < -0.4 is 5.32 Å². The van der Waals surface area contributed by atoms with Gasteiger partial charge in [-0.25, -0.2) is 0 Å². The van der Waals surface area contributed by atoms with Crippen molar-refractivity contribution < 1.29 is 27.9 Å². The summed E-state index contributed by atoms with van der Waals surface area (Å²) in [5.41, 5.74) is -2.83. The van der Waals surface area contributed by atoms with Crippen molar-refractivity contribution in [3.05, 3.63) is 0 Å². The summed E-state index contributed by atoms with van der Waals surface area (Å²) in [7, 11) is 0. The third-order valence-corrected chi connectivity index (χ3v) is 4.50. The number of aliphatic carboxylic acids is 1. The normalized spacial score (nSPS) is 34.0. The Morgan fingerprint density at radius 2 is 2.05 bits per heavy atom. The fraction of sp³-hybridized carbons (Fsp3) is 0.846. The number of likely N-dealkylation sites (tertiary alicyclic amines) is 1. The van der Waals surface area contributed by atoms with Crippen LogP contribution in [0.15, 0.2) is 0 Å². The number of rotatable bonds is 2. The lowest BCUT2D eigenvalue weighted by atomic mass is 9.86. The summed E-state index contributed by atoms with van der Waals surface area (Å²) < 4.78 is 39.2. The average Bonchev–Trinajstić information content (AvgIpc) is 2.83. The molecule has 0 aromatic carbocycles. The first-order valence-corrected chi connectivity index (χ1v) is 6.99. The third kappa shape index (κ3) is 2.86. The molecule has 2 fully saturated rings. The smallest absolute Gasteiger partial charge is 0.406 e. The molecule has 0 aromatic rings. The number of carbonyl (C=O) groups is 2. The zero-order valence-electron chi connectivity index (χ0n) is 11.7. The van der Waals surface area contributed by atoms with Gasteiger partial charge >= 0.3 is 12.1 Å². The maximum atomic E-state index is 13.1. The second-order valence-corrected chi connectivity index (χ2v) is 6.03. The summed E-state index contributed by atoms with van der Waals surface area (Å²) in [5, 5.41) is 12.0.